The van der Waals surface area contributed by atoms with Crippen LogP contribution in [0, 0.1) is 6.92 Å². The standard InChI is InChI=1S/C12H20N2S/c1-10-8-15-9-11(10)7-13-6-4-12-3-2-5-14-12/h8-9,12-14H,2-7H2,1H3. The van der Waals surface area contributed by atoms with Gasteiger partial charge in [-0.15, -0.1) is 0 Å². The fourth-order valence-electron chi connectivity index (χ4n) is 2.07. The van der Waals surface area contributed by atoms with Gasteiger partial charge in [-0.3, -0.25) is 0 Å². The Morgan fingerprint density at radius 1 is 1.53 bits per heavy atom. The molecule has 0 saturated carbocycles. The molecule has 0 spiro atoms. The van der Waals surface area contributed by atoms with Crippen LogP contribution in [0.3, 0.4) is 0 Å². The molecule has 84 valence electrons. The molecule has 0 radical (unpaired) electrons. The summed E-state index contributed by atoms with van der Waals surface area (Å²) >= 11 is 1.80. The van der Waals surface area contributed by atoms with Gasteiger partial charge in [-0.05, 0) is 61.2 Å². The molecule has 1 saturated heterocycles. The van der Waals surface area contributed by atoms with Crippen molar-refractivity contribution in [1.29, 1.82) is 0 Å². The first-order chi connectivity index (χ1) is 7.36. The van der Waals surface area contributed by atoms with Crippen LogP contribution in [0.5, 0.6) is 0 Å². The van der Waals surface area contributed by atoms with Crippen molar-refractivity contribution in [1.82, 2.24) is 10.6 Å². The van der Waals surface area contributed by atoms with Crippen LogP contribution in [0.1, 0.15) is 30.4 Å². The van der Waals surface area contributed by atoms with E-state index in [1.807, 2.05) is 0 Å². The third-order valence-corrected chi connectivity index (χ3v) is 4.02. The van der Waals surface area contributed by atoms with Crippen molar-refractivity contribution in [3.8, 4) is 0 Å². The van der Waals surface area contributed by atoms with Crippen molar-refractivity contribution in [2.24, 2.45) is 0 Å². The van der Waals surface area contributed by atoms with Gasteiger partial charge in [0.25, 0.3) is 0 Å². The molecule has 1 aliphatic heterocycles. The number of rotatable bonds is 5. The number of thiophene rings is 1. The summed E-state index contributed by atoms with van der Waals surface area (Å²) in [6.45, 7) is 5.56. The normalized spacial score (nSPS) is 21.0. The van der Waals surface area contributed by atoms with E-state index in [0.29, 0.717) is 0 Å². The highest BCUT2D eigenvalue weighted by atomic mass is 32.1. The van der Waals surface area contributed by atoms with E-state index in [2.05, 4.69) is 28.3 Å². The second-order valence-corrected chi connectivity index (χ2v) is 5.08. The summed E-state index contributed by atoms with van der Waals surface area (Å²) in [5.41, 5.74) is 2.88. The summed E-state index contributed by atoms with van der Waals surface area (Å²) in [6.07, 6.45) is 3.98. The fraction of sp³-hybridized carbons (Fsp3) is 0.667. The van der Waals surface area contributed by atoms with Crippen molar-refractivity contribution in [2.75, 3.05) is 13.1 Å². The summed E-state index contributed by atoms with van der Waals surface area (Å²) in [7, 11) is 0. The van der Waals surface area contributed by atoms with Crippen molar-refractivity contribution >= 4 is 11.3 Å². The average molecular weight is 224 g/mol. The van der Waals surface area contributed by atoms with E-state index in [1.165, 1.54) is 36.9 Å². The minimum absolute atomic E-state index is 0.765. The second kappa shape index (κ2) is 5.64. The highest BCUT2D eigenvalue weighted by molar-refractivity contribution is 7.08. The Hall–Kier alpha value is -0.380. The summed E-state index contributed by atoms with van der Waals surface area (Å²) in [5, 5.41) is 11.5. The van der Waals surface area contributed by atoms with Gasteiger partial charge in [0, 0.05) is 12.6 Å². The first-order valence-corrected chi connectivity index (χ1v) is 6.76. The molecule has 15 heavy (non-hydrogen) atoms. The van der Waals surface area contributed by atoms with Crippen LogP contribution in [0.15, 0.2) is 10.8 Å². The Bertz CT molecular complexity index is 290. The molecular formula is C12H20N2S. The van der Waals surface area contributed by atoms with Crippen LogP contribution in [-0.4, -0.2) is 19.1 Å². The molecule has 2 heterocycles. The third-order valence-electron chi connectivity index (χ3n) is 3.11. The van der Waals surface area contributed by atoms with Crippen LogP contribution in [0.4, 0.5) is 0 Å². The van der Waals surface area contributed by atoms with Gasteiger partial charge in [-0.1, -0.05) is 0 Å². The Kier molecular flexibility index (Phi) is 4.18. The molecule has 1 atom stereocenters. The third kappa shape index (κ3) is 3.30. The minimum atomic E-state index is 0.765. The Labute approximate surface area is 96.1 Å². The number of nitrogens with one attached hydrogen (secondary N) is 2. The van der Waals surface area contributed by atoms with E-state index in [1.54, 1.807) is 11.3 Å². The zero-order valence-corrected chi connectivity index (χ0v) is 10.2. The topological polar surface area (TPSA) is 24.1 Å². The molecule has 1 aromatic heterocycles. The van der Waals surface area contributed by atoms with Crippen molar-refractivity contribution in [3.63, 3.8) is 0 Å². The number of aryl methyl sites for hydroxylation is 1. The Morgan fingerprint density at radius 2 is 2.47 bits per heavy atom. The molecule has 0 bridgehead atoms. The Morgan fingerprint density at radius 3 is 3.13 bits per heavy atom. The quantitative estimate of drug-likeness (QED) is 0.750. The maximum atomic E-state index is 3.52. The lowest BCUT2D eigenvalue weighted by Gasteiger charge is -2.10. The van der Waals surface area contributed by atoms with E-state index in [4.69, 9.17) is 0 Å². The van der Waals surface area contributed by atoms with Crippen molar-refractivity contribution in [3.05, 3.63) is 21.9 Å². The summed E-state index contributed by atoms with van der Waals surface area (Å²) in [5.74, 6) is 0. The van der Waals surface area contributed by atoms with Gasteiger partial charge in [-0.25, -0.2) is 0 Å². The zero-order valence-electron chi connectivity index (χ0n) is 9.38. The first kappa shape index (κ1) is 11.1. The second-order valence-electron chi connectivity index (χ2n) is 4.34. The maximum absolute atomic E-state index is 3.52. The largest absolute Gasteiger partial charge is 0.314 e. The molecule has 2 N–H and O–H groups in total. The first-order valence-electron chi connectivity index (χ1n) is 5.82. The van der Waals surface area contributed by atoms with E-state index in [0.717, 1.165) is 19.1 Å². The summed E-state index contributed by atoms with van der Waals surface area (Å²) in [6, 6.07) is 0.765. The van der Waals surface area contributed by atoms with Crippen LogP contribution in [-0.2, 0) is 6.54 Å². The molecular weight excluding hydrogens is 204 g/mol. The monoisotopic (exact) mass is 224 g/mol. The van der Waals surface area contributed by atoms with Gasteiger partial charge in [0.2, 0.25) is 0 Å². The summed E-state index contributed by atoms with van der Waals surface area (Å²) < 4.78 is 0. The van der Waals surface area contributed by atoms with Gasteiger partial charge in [0.05, 0.1) is 0 Å². The maximum Gasteiger partial charge on any atom is 0.0216 e. The summed E-state index contributed by atoms with van der Waals surface area (Å²) in [4.78, 5) is 0. The lowest BCUT2D eigenvalue weighted by molar-refractivity contribution is 0.523. The van der Waals surface area contributed by atoms with Gasteiger partial charge >= 0.3 is 0 Å². The van der Waals surface area contributed by atoms with Gasteiger partial charge in [0.1, 0.15) is 0 Å². The average Bonchev–Trinajstić information content (AvgIpc) is 2.85. The van der Waals surface area contributed by atoms with Gasteiger partial charge in [0.15, 0.2) is 0 Å². The van der Waals surface area contributed by atoms with E-state index >= 15 is 0 Å². The predicted molar refractivity (Wildman–Crippen MR) is 66.4 cm³/mol. The Balaban J connectivity index is 1.60. The van der Waals surface area contributed by atoms with Gasteiger partial charge < -0.3 is 10.6 Å². The SMILES string of the molecule is Cc1cscc1CNCCC1CCCN1. The highest BCUT2D eigenvalue weighted by Crippen LogP contribution is 2.13. The molecule has 2 nitrogen and oxygen atoms in total. The highest BCUT2D eigenvalue weighted by Gasteiger charge is 2.12. The fourth-order valence-corrected chi connectivity index (χ4v) is 2.93. The molecule has 0 amide bonds. The van der Waals surface area contributed by atoms with Gasteiger partial charge in [-0.2, -0.15) is 11.3 Å². The molecule has 1 aliphatic rings. The molecule has 3 heteroatoms. The predicted octanol–water partition coefficient (Wildman–Crippen LogP) is 2.29. The molecule has 2 rings (SSSR count). The molecule has 0 aromatic carbocycles. The number of hydrogen-bond acceptors (Lipinski definition) is 3. The zero-order chi connectivity index (χ0) is 10.5. The molecule has 0 aliphatic carbocycles. The van der Waals surface area contributed by atoms with E-state index < -0.39 is 0 Å². The lowest BCUT2D eigenvalue weighted by Crippen LogP contribution is -2.26. The molecule has 1 unspecified atom stereocenters. The number of hydrogen-bond donors (Lipinski definition) is 2. The van der Waals surface area contributed by atoms with Crippen LogP contribution >= 0.6 is 11.3 Å². The van der Waals surface area contributed by atoms with E-state index in [9.17, 15) is 0 Å². The van der Waals surface area contributed by atoms with Crippen LogP contribution in [0.25, 0.3) is 0 Å². The van der Waals surface area contributed by atoms with E-state index in [-0.39, 0.29) is 0 Å². The van der Waals surface area contributed by atoms with Crippen LogP contribution in [0.2, 0.25) is 0 Å². The van der Waals surface area contributed by atoms with Crippen molar-refractivity contribution < 1.29 is 0 Å². The van der Waals surface area contributed by atoms with Crippen LogP contribution < -0.4 is 10.6 Å². The molecule has 1 fully saturated rings. The lowest BCUT2D eigenvalue weighted by atomic mass is 10.1. The molecule has 1 aromatic rings. The van der Waals surface area contributed by atoms with Crippen molar-refractivity contribution in [2.45, 2.75) is 38.8 Å². The smallest absolute Gasteiger partial charge is 0.0216 e. The minimum Gasteiger partial charge on any atom is -0.314 e.